The van der Waals surface area contributed by atoms with Gasteiger partial charge in [-0.15, -0.1) is 0 Å². The smallest absolute Gasteiger partial charge is 0.0315 e. The largest absolute Gasteiger partial charge is 0.0741 e. The summed E-state index contributed by atoms with van der Waals surface area (Å²) < 4.78 is 0. The first-order valence-corrected chi connectivity index (χ1v) is 11.4. The SMILES string of the molecule is CCC(C)CCC(CCC(C)CCCC(C)C)=C(C)CCCC(C)C. The van der Waals surface area contributed by atoms with Gasteiger partial charge in [0.15, 0.2) is 0 Å². The van der Waals surface area contributed by atoms with Gasteiger partial charge in [-0.2, -0.15) is 0 Å². The molecule has 150 valence electrons. The Bertz CT molecular complexity index is 334. The third-order valence-corrected chi connectivity index (χ3v) is 5.99. The minimum absolute atomic E-state index is 0.845. The molecule has 0 N–H and O–H groups in total. The van der Waals surface area contributed by atoms with Crippen LogP contribution in [0.2, 0.25) is 0 Å². The maximum atomic E-state index is 2.47. The summed E-state index contributed by atoms with van der Waals surface area (Å²) in [6.45, 7) is 19.0. The van der Waals surface area contributed by atoms with Crippen molar-refractivity contribution in [2.24, 2.45) is 23.7 Å². The van der Waals surface area contributed by atoms with E-state index in [0.29, 0.717) is 0 Å². The van der Waals surface area contributed by atoms with Gasteiger partial charge in [0.1, 0.15) is 0 Å². The first-order valence-electron chi connectivity index (χ1n) is 11.4. The second-order valence-corrected chi connectivity index (χ2v) is 9.69. The molecule has 0 rings (SSSR count). The quantitative estimate of drug-likeness (QED) is 0.258. The Hall–Kier alpha value is -0.260. The van der Waals surface area contributed by atoms with Crippen molar-refractivity contribution >= 4 is 0 Å². The second kappa shape index (κ2) is 14.9. The Morgan fingerprint density at radius 1 is 0.600 bits per heavy atom. The lowest BCUT2D eigenvalue weighted by molar-refractivity contribution is 0.430. The fourth-order valence-corrected chi connectivity index (χ4v) is 3.57. The zero-order chi connectivity index (χ0) is 19.2. The lowest BCUT2D eigenvalue weighted by Gasteiger charge is -2.18. The van der Waals surface area contributed by atoms with Crippen LogP contribution in [0.3, 0.4) is 0 Å². The summed E-state index contributed by atoms with van der Waals surface area (Å²) in [7, 11) is 0. The van der Waals surface area contributed by atoms with Crippen LogP contribution >= 0.6 is 0 Å². The van der Waals surface area contributed by atoms with Crippen LogP contribution in [0.5, 0.6) is 0 Å². The third-order valence-electron chi connectivity index (χ3n) is 5.99. The van der Waals surface area contributed by atoms with E-state index in [-0.39, 0.29) is 0 Å². The van der Waals surface area contributed by atoms with E-state index >= 15 is 0 Å². The van der Waals surface area contributed by atoms with Gasteiger partial charge in [-0.25, -0.2) is 0 Å². The molecule has 0 aromatic carbocycles. The molecule has 0 aromatic rings. The highest BCUT2D eigenvalue weighted by Crippen LogP contribution is 2.27. The Morgan fingerprint density at radius 3 is 1.64 bits per heavy atom. The molecule has 0 saturated heterocycles. The summed E-state index contributed by atoms with van der Waals surface area (Å²) in [5, 5.41) is 0. The second-order valence-electron chi connectivity index (χ2n) is 9.69. The minimum atomic E-state index is 0.845. The van der Waals surface area contributed by atoms with E-state index in [9.17, 15) is 0 Å². The molecule has 2 atom stereocenters. The van der Waals surface area contributed by atoms with Crippen LogP contribution in [0.1, 0.15) is 126 Å². The van der Waals surface area contributed by atoms with E-state index < -0.39 is 0 Å². The lowest BCUT2D eigenvalue weighted by Crippen LogP contribution is -2.01. The molecule has 2 unspecified atom stereocenters. The van der Waals surface area contributed by atoms with E-state index in [1.807, 2.05) is 0 Å². The molecule has 0 aromatic heterocycles. The molecule has 0 bridgehead atoms. The molecule has 0 heteroatoms. The van der Waals surface area contributed by atoms with E-state index in [2.05, 4.69) is 55.4 Å². The molecule has 0 aliphatic carbocycles. The number of hydrogen-bond donors (Lipinski definition) is 0. The highest BCUT2D eigenvalue weighted by Gasteiger charge is 2.10. The Morgan fingerprint density at radius 2 is 1.12 bits per heavy atom. The molecule has 0 radical (unpaired) electrons. The fourth-order valence-electron chi connectivity index (χ4n) is 3.57. The van der Waals surface area contributed by atoms with Crippen molar-refractivity contribution in [1.29, 1.82) is 0 Å². The summed E-state index contributed by atoms with van der Waals surface area (Å²) in [4.78, 5) is 0. The highest BCUT2D eigenvalue weighted by molar-refractivity contribution is 5.12. The van der Waals surface area contributed by atoms with E-state index in [4.69, 9.17) is 0 Å². The van der Waals surface area contributed by atoms with Gasteiger partial charge in [0, 0.05) is 0 Å². The summed E-state index contributed by atoms with van der Waals surface area (Å²) in [6.07, 6.45) is 15.1. The van der Waals surface area contributed by atoms with Crippen LogP contribution in [-0.2, 0) is 0 Å². The summed E-state index contributed by atoms with van der Waals surface area (Å²) in [5.74, 6) is 3.47. The average Bonchev–Trinajstić information content (AvgIpc) is 2.53. The maximum absolute atomic E-state index is 2.47. The topological polar surface area (TPSA) is 0 Å². The molecule has 0 nitrogen and oxygen atoms in total. The monoisotopic (exact) mass is 350 g/mol. The standard InChI is InChI=1S/C25H50/c1-9-22(6)16-18-25(24(8)15-11-13-21(4)5)19-17-23(7)14-10-12-20(2)3/h20-23H,9-19H2,1-8H3. The van der Waals surface area contributed by atoms with Gasteiger partial charge in [-0.05, 0) is 69.1 Å². The van der Waals surface area contributed by atoms with Crippen LogP contribution in [0.25, 0.3) is 0 Å². The Balaban J connectivity index is 4.50. The fraction of sp³-hybridized carbons (Fsp3) is 0.920. The molecule has 0 aliphatic rings. The first-order chi connectivity index (χ1) is 11.8. The van der Waals surface area contributed by atoms with E-state index in [0.717, 1.165) is 23.7 Å². The average molecular weight is 351 g/mol. The molecule has 0 heterocycles. The zero-order valence-electron chi connectivity index (χ0n) is 19.1. The van der Waals surface area contributed by atoms with Crippen LogP contribution in [0.4, 0.5) is 0 Å². The van der Waals surface area contributed by atoms with Crippen molar-refractivity contribution < 1.29 is 0 Å². The molecular weight excluding hydrogens is 300 g/mol. The normalized spacial score (nSPS) is 15.6. The number of hydrogen-bond acceptors (Lipinski definition) is 0. The number of allylic oxidation sites excluding steroid dienone is 2. The minimum Gasteiger partial charge on any atom is -0.0741 e. The Labute approximate surface area is 161 Å². The molecule has 25 heavy (non-hydrogen) atoms. The van der Waals surface area contributed by atoms with Gasteiger partial charge in [0.05, 0.1) is 0 Å². The summed E-state index contributed by atoms with van der Waals surface area (Å²) >= 11 is 0. The first kappa shape index (κ1) is 24.7. The molecule has 0 saturated carbocycles. The summed E-state index contributed by atoms with van der Waals surface area (Å²) in [5.41, 5.74) is 3.53. The highest BCUT2D eigenvalue weighted by atomic mass is 14.2. The van der Waals surface area contributed by atoms with Gasteiger partial charge < -0.3 is 0 Å². The van der Waals surface area contributed by atoms with Gasteiger partial charge >= 0.3 is 0 Å². The van der Waals surface area contributed by atoms with Crippen LogP contribution in [0.15, 0.2) is 11.1 Å². The number of rotatable bonds is 15. The van der Waals surface area contributed by atoms with Crippen molar-refractivity contribution in [3.63, 3.8) is 0 Å². The summed E-state index contributed by atoms with van der Waals surface area (Å²) in [6, 6.07) is 0. The van der Waals surface area contributed by atoms with E-state index in [1.165, 1.54) is 70.6 Å². The molecule has 0 fully saturated rings. The molecular formula is C25H50. The molecule has 0 spiro atoms. The predicted octanol–water partition coefficient (Wildman–Crippen LogP) is 9.20. The van der Waals surface area contributed by atoms with Gasteiger partial charge in [0.25, 0.3) is 0 Å². The third kappa shape index (κ3) is 14.6. The molecule has 0 amide bonds. The molecule has 0 aliphatic heterocycles. The van der Waals surface area contributed by atoms with Crippen molar-refractivity contribution in [1.82, 2.24) is 0 Å². The van der Waals surface area contributed by atoms with Crippen LogP contribution in [-0.4, -0.2) is 0 Å². The van der Waals surface area contributed by atoms with Crippen molar-refractivity contribution in [3.05, 3.63) is 11.1 Å². The van der Waals surface area contributed by atoms with Crippen molar-refractivity contribution in [2.75, 3.05) is 0 Å². The Kier molecular flexibility index (Phi) is 14.7. The van der Waals surface area contributed by atoms with Gasteiger partial charge in [0.2, 0.25) is 0 Å². The van der Waals surface area contributed by atoms with Crippen molar-refractivity contribution in [3.8, 4) is 0 Å². The lowest BCUT2D eigenvalue weighted by atomic mass is 9.88. The van der Waals surface area contributed by atoms with Gasteiger partial charge in [-0.3, -0.25) is 0 Å². The predicted molar refractivity (Wildman–Crippen MR) is 117 cm³/mol. The zero-order valence-corrected chi connectivity index (χ0v) is 19.1. The van der Waals surface area contributed by atoms with Crippen LogP contribution in [0, 0.1) is 23.7 Å². The van der Waals surface area contributed by atoms with E-state index in [1.54, 1.807) is 11.1 Å². The van der Waals surface area contributed by atoms with Crippen LogP contribution < -0.4 is 0 Å². The maximum Gasteiger partial charge on any atom is -0.0315 e. The van der Waals surface area contributed by atoms with Crippen molar-refractivity contribution in [2.45, 2.75) is 126 Å². The van der Waals surface area contributed by atoms with Gasteiger partial charge in [-0.1, -0.05) is 91.7 Å².